The minimum absolute atomic E-state index is 0.399. The number of morpholine rings is 1. The maximum atomic E-state index is 8.99. The Hall–Kier alpha value is -2.14. The predicted octanol–water partition coefficient (Wildman–Crippen LogP) is 2.84. The molecule has 8 heteroatoms. The van der Waals surface area contributed by atoms with Gasteiger partial charge in [0.15, 0.2) is 6.10 Å². The van der Waals surface area contributed by atoms with Crippen LogP contribution < -0.4 is 4.90 Å². The molecule has 0 bridgehead atoms. The van der Waals surface area contributed by atoms with E-state index in [9.17, 15) is 0 Å². The highest BCUT2D eigenvalue weighted by atomic mass is 35.5. The predicted molar refractivity (Wildman–Crippen MR) is 88.9 cm³/mol. The molecule has 3 aromatic rings. The molecule has 0 aliphatic carbocycles. The molecule has 1 unspecified atom stereocenters. The molecule has 3 heterocycles. The van der Waals surface area contributed by atoms with Gasteiger partial charge in [-0.3, -0.25) is 0 Å². The van der Waals surface area contributed by atoms with Crippen molar-refractivity contribution in [3.63, 3.8) is 0 Å². The second-order valence-corrected chi connectivity index (χ2v) is 6.55. The number of anilines is 1. The van der Waals surface area contributed by atoms with Gasteiger partial charge in [0.25, 0.3) is 0 Å². The van der Waals surface area contributed by atoms with Gasteiger partial charge in [0.2, 0.25) is 10.1 Å². The van der Waals surface area contributed by atoms with Gasteiger partial charge in [0.05, 0.1) is 31.1 Å². The lowest BCUT2D eigenvalue weighted by Crippen LogP contribution is -2.41. The summed E-state index contributed by atoms with van der Waals surface area (Å²) in [7, 11) is 0. The van der Waals surface area contributed by atoms with Crippen molar-refractivity contribution < 1.29 is 4.74 Å². The van der Waals surface area contributed by atoms with Gasteiger partial charge in [0, 0.05) is 17.1 Å². The number of ether oxygens (including phenoxy) is 1. The van der Waals surface area contributed by atoms with Gasteiger partial charge in [0.1, 0.15) is 0 Å². The van der Waals surface area contributed by atoms with Crippen LogP contribution in [0.2, 0.25) is 5.02 Å². The van der Waals surface area contributed by atoms with Crippen molar-refractivity contribution in [2.24, 2.45) is 0 Å². The topological polar surface area (TPSA) is 66.5 Å². The molecule has 1 saturated heterocycles. The van der Waals surface area contributed by atoms with Gasteiger partial charge < -0.3 is 9.64 Å². The number of imidazole rings is 1. The zero-order valence-corrected chi connectivity index (χ0v) is 13.6. The zero-order valence-electron chi connectivity index (χ0n) is 12.0. The third-order valence-corrected chi connectivity index (χ3v) is 4.89. The van der Waals surface area contributed by atoms with Crippen LogP contribution in [0.5, 0.6) is 0 Å². The molecule has 2 aromatic heterocycles. The monoisotopic (exact) mass is 345 g/mol. The molecule has 4 rings (SSSR count). The number of hydrogen-bond donors (Lipinski definition) is 0. The Balaban J connectivity index is 1.62. The molecule has 1 aliphatic rings. The van der Waals surface area contributed by atoms with Crippen LogP contribution in [-0.2, 0) is 4.74 Å². The molecular formula is C15H12ClN5OS. The molecule has 1 aromatic carbocycles. The van der Waals surface area contributed by atoms with Crippen molar-refractivity contribution in [3.8, 4) is 17.3 Å². The molecule has 116 valence electrons. The van der Waals surface area contributed by atoms with E-state index >= 15 is 0 Å². The minimum Gasteiger partial charge on any atom is -0.360 e. The van der Waals surface area contributed by atoms with Crippen molar-refractivity contribution in [1.82, 2.24) is 14.6 Å². The van der Waals surface area contributed by atoms with Crippen LogP contribution in [-0.4, -0.2) is 40.4 Å². The molecule has 23 heavy (non-hydrogen) atoms. The van der Waals surface area contributed by atoms with E-state index in [0.717, 1.165) is 27.9 Å². The normalized spacial score (nSPS) is 18.3. The van der Waals surface area contributed by atoms with Crippen molar-refractivity contribution >= 4 is 33.0 Å². The summed E-state index contributed by atoms with van der Waals surface area (Å²) in [6, 6.07) is 9.72. The van der Waals surface area contributed by atoms with E-state index in [1.165, 1.54) is 11.3 Å². The number of aromatic nitrogens is 3. The molecule has 0 spiro atoms. The smallest absolute Gasteiger partial charge is 0.214 e. The lowest BCUT2D eigenvalue weighted by Gasteiger charge is -2.28. The van der Waals surface area contributed by atoms with Gasteiger partial charge in [-0.1, -0.05) is 35.1 Å². The van der Waals surface area contributed by atoms with Crippen LogP contribution in [0.1, 0.15) is 0 Å². The summed E-state index contributed by atoms with van der Waals surface area (Å²) in [6.07, 6.45) is 1.51. The van der Waals surface area contributed by atoms with Crippen LogP contribution in [0.25, 0.3) is 16.2 Å². The summed E-state index contributed by atoms with van der Waals surface area (Å²) in [5, 5.41) is 15.1. The number of halogens is 1. The molecule has 1 aliphatic heterocycles. The SMILES string of the molecule is N#CC1CN(c2nn3cc(-c4ccc(Cl)cc4)nc3s2)CCO1. The molecule has 6 nitrogen and oxygen atoms in total. The number of benzene rings is 1. The minimum atomic E-state index is -0.399. The maximum absolute atomic E-state index is 8.99. The summed E-state index contributed by atoms with van der Waals surface area (Å²) in [4.78, 5) is 7.51. The van der Waals surface area contributed by atoms with Gasteiger partial charge in [-0.05, 0) is 12.1 Å². The first-order valence-electron chi connectivity index (χ1n) is 7.11. The Labute approximate surface area is 141 Å². The quantitative estimate of drug-likeness (QED) is 0.714. The van der Waals surface area contributed by atoms with Crippen molar-refractivity contribution in [1.29, 1.82) is 5.26 Å². The highest BCUT2D eigenvalue weighted by Crippen LogP contribution is 2.28. The van der Waals surface area contributed by atoms with E-state index in [0.29, 0.717) is 18.2 Å². The summed E-state index contributed by atoms with van der Waals surface area (Å²) >= 11 is 7.42. The number of rotatable bonds is 2. The molecule has 1 fully saturated rings. The largest absolute Gasteiger partial charge is 0.360 e. The average Bonchev–Trinajstić information content (AvgIpc) is 3.14. The Morgan fingerprint density at radius 3 is 2.91 bits per heavy atom. The van der Waals surface area contributed by atoms with E-state index in [4.69, 9.17) is 21.6 Å². The van der Waals surface area contributed by atoms with Crippen molar-refractivity contribution in [3.05, 3.63) is 35.5 Å². The van der Waals surface area contributed by atoms with Crippen LogP contribution in [0.15, 0.2) is 30.5 Å². The fourth-order valence-electron chi connectivity index (χ4n) is 2.48. The number of hydrogen-bond acceptors (Lipinski definition) is 6. The Kier molecular flexibility index (Phi) is 3.65. The fourth-order valence-corrected chi connectivity index (χ4v) is 3.52. The fraction of sp³-hybridized carbons (Fsp3) is 0.267. The van der Waals surface area contributed by atoms with E-state index in [1.54, 1.807) is 4.52 Å². The molecule has 0 amide bonds. The second-order valence-electron chi connectivity index (χ2n) is 5.18. The van der Waals surface area contributed by atoms with E-state index in [-0.39, 0.29) is 0 Å². The number of nitriles is 1. The zero-order chi connectivity index (χ0) is 15.8. The van der Waals surface area contributed by atoms with Crippen molar-refractivity contribution in [2.75, 3.05) is 24.6 Å². The van der Waals surface area contributed by atoms with Gasteiger partial charge >= 0.3 is 0 Å². The van der Waals surface area contributed by atoms with Crippen LogP contribution >= 0.6 is 22.9 Å². The van der Waals surface area contributed by atoms with Crippen molar-refractivity contribution in [2.45, 2.75) is 6.10 Å². The number of nitrogens with zero attached hydrogens (tertiary/aromatic N) is 5. The lowest BCUT2D eigenvalue weighted by molar-refractivity contribution is 0.0764. The standard InChI is InChI=1S/C15H12ClN5OS/c16-11-3-1-10(2-4-11)13-9-21-14(18-13)23-15(19-21)20-5-6-22-12(7-17)8-20/h1-4,9,12H,5-6,8H2. The molecular weight excluding hydrogens is 334 g/mol. The highest BCUT2D eigenvalue weighted by molar-refractivity contribution is 7.20. The van der Waals surface area contributed by atoms with E-state index < -0.39 is 6.10 Å². The third-order valence-electron chi connectivity index (χ3n) is 3.65. The van der Waals surface area contributed by atoms with Crippen LogP contribution in [0.3, 0.4) is 0 Å². The first kappa shape index (κ1) is 14.5. The molecule has 0 N–H and O–H groups in total. The summed E-state index contributed by atoms with van der Waals surface area (Å²) in [6.45, 7) is 1.81. The molecule has 0 radical (unpaired) electrons. The first-order valence-corrected chi connectivity index (χ1v) is 8.31. The van der Waals surface area contributed by atoms with Gasteiger partial charge in [-0.25, -0.2) is 9.50 Å². The molecule has 1 atom stereocenters. The first-order chi connectivity index (χ1) is 11.2. The Morgan fingerprint density at radius 2 is 2.17 bits per heavy atom. The Morgan fingerprint density at radius 1 is 1.35 bits per heavy atom. The van der Waals surface area contributed by atoms with Gasteiger partial charge in [-0.2, -0.15) is 5.26 Å². The van der Waals surface area contributed by atoms with Crippen LogP contribution in [0, 0.1) is 11.3 Å². The second kappa shape index (κ2) is 5.81. The lowest BCUT2D eigenvalue weighted by atomic mass is 10.2. The third kappa shape index (κ3) is 2.77. The maximum Gasteiger partial charge on any atom is 0.214 e. The number of fused-ring (bicyclic) bond motifs is 1. The van der Waals surface area contributed by atoms with Gasteiger partial charge in [-0.15, -0.1) is 5.10 Å². The average molecular weight is 346 g/mol. The summed E-state index contributed by atoms with van der Waals surface area (Å²) in [5.41, 5.74) is 1.87. The molecule has 0 saturated carbocycles. The summed E-state index contributed by atoms with van der Waals surface area (Å²) in [5.74, 6) is 0. The summed E-state index contributed by atoms with van der Waals surface area (Å²) < 4.78 is 7.14. The van der Waals surface area contributed by atoms with E-state index in [2.05, 4.69) is 21.1 Å². The Bertz CT molecular complexity index is 850. The highest BCUT2D eigenvalue weighted by Gasteiger charge is 2.23. The van der Waals surface area contributed by atoms with E-state index in [1.807, 2.05) is 30.5 Å². The van der Waals surface area contributed by atoms with Crippen LogP contribution in [0.4, 0.5) is 5.13 Å².